The Labute approximate surface area is 278 Å². The van der Waals surface area contributed by atoms with Gasteiger partial charge in [0.25, 0.3) is 0 Å². The lowest BCUT2D eigenvalue weighted by molar-refractivity contribution is -0.119. The Hall–Kier alpha value is -2.42. The van der Waals surface area contributed by atoms with Crippen LogP contribution in [-0.2, 0) is 20.9 Å². The van der Waals surface area contributed by atoms with Crippen molar-refractivity contribution < 1.29 is 23.8 Å². The molecule has 0 radical (unpaired) electrons. The van der Waals surface area contributed by atoms with Crippen molar-refractivity contribution in [3.05, 3.63) is 79.0 Å². The van der Waals surface area contributed by atoms with Gasteiger partial charge in [0.1, 0.15) is 6.61 Å². The van der Waals surface area contributed by atoms with Crippen LogP contribution in [0.25, 0.3) is 0 Å². The third-order valence-electron chi connectivity index (χ3n) is 8.71. The summed E-state index contributed by atoms with van der Waals surface area (Å²) in [6.07, 6.45) is 3.25. The van der Waals surface area contributed by atoms with Crippen molar-refractivity contribution in [3.8, 4) is 11.5 Å². The number of carbonyl (C=O) groups excluding carboxylic acids is 2. The molecule has 0 bridgehead atoms. The number of Topliss-reactive ketones (excluding diaryl/α,β-unsaturated/α-hetero) is 2. The maximum absolute atomic E-state index is 14.1. The van der Waals surface area contributed by atoms with Gasteiger partial charge in [-0.15, -0.1) is 0 Å². The van der Waals surface area contributed by atoms with E-state index in [0.717, 1.165) is 61.9 Å². The number of rotatable bonds is 10. The number of ketones is 2. The van der Waals surface area contributed by atoms with Gasteiger partial charge in [0.15, 0.2) is 23.1 Å². The number of benzene rings is 2. The van der Waals surface area contributed by atoms with Crippen molar-refractivity contribution in [2.75, 3.05) is 26.9 Å². The molecular weight excluding hydrogens is 686 g/mol. The van der Waals surface area contributed by atoms with Gasteiger partial charge >= 0.3 is 0 Å². The second-order valence-electron chi connectivity index (χ2n) is 13.7. The Morgan fingerprint density at radius 2 is 1.45 bits per heavy atom. The molecule has 8 heteroatoms. The van der Waals surface area contributed by atoms with Crippen LogP contribution in [-0.4, -0.2) is 43.3 Å². The Kier molecular flexibility index (Phi) is 9.84. The predicted octanol–water partition coefficient (Wildman–Crippen LogP) is 8.91. The van der Waals surface area contributed by atoms with Crippen molar-refractivity contribution in [3.63, 3.8) is 0 Å². The van der Waals surface area contributed by atoms with Crippen LogP contribution in [0.3, 0.4) is 0 Å². The minimum atomic E-state index is -0.457. The normalized spacial score (nSPS) is 19.7. The fourth-order valence-corrected chi connectivity index (χ4v) is 7.75. The summed E-state index contributed by atoms with van der Waals surface area (Å²) in [5.41, 5.74) is 5.18. The fourth-order valence-electron chi connectivity index (χ4n) is 6.91. The first-order valence-corrected chi connectivity index (χ1v) is 17.0. The van der Waals surface area contributed by atoms with Gasteiger partial charge in [-0.25, -0.2) is 0 Å². The summed E-state index contributed by atoms with van der Waals surface area (Å²) >= 11 is 7.26. The van der Waals surface area contributed by atoms with E-state index in [1.165, 1.54) is 0 Å². The van der Waals surface area contributed by atoms with Crippen LogP contribution >= 0.6 is 31.9 Å². The van der Waals surface area contributed by atoms with E-state index in [-0.39, 0.29) is 22.4 Å². The van der Waals surface area contributed by atoms with Crippen molar-refractivity contribution in [2.24, 2.45) is 10.8 Å². The van der Waals surface area contributed by atoms with Gasteiger partial charge in [-0.1, -0.05) is 55.8 Å². The van der Waals surface area contributed by atoms with Crippen LogP contribution in [0.5, 0.6) is 11.5 Å². The lowest BCUT2D eigenvalue weighted by atomic mass is 9.63. The number of hydrogen-bond acceptors (Lipinski definition) is 6. The number of carbonyl (C=O) groups is 2. The van der Waals surface area contributed by atoms with Crippen LogP contribution < -0.4 is 9.47 Å². The molecule has 0 aromatic heterocycles. The molecule has 0 unspecified atom stereocenters. The van der Waals surface area contributed by atoms with Gasteiger partial charge in [0, 0.05) is 66.0 Å². The number of allylic oxidation sites excluding steroid dienone is 4. The molecule has 2 aromatic rings. The lowest BCUT2D eigenvalue weighted by Gasteiger charge is -2.49. The van der Waals surface area contributed by atoms with Crippen molar-refractivity contribution in [2.45, 2.75) is 79.2 Å². The summed E-state index contributed by atoms with van der Waals surface area (Å²) in [6, 6.07) is 12.0. The van der Waals surface area contributed by atoms with Crippen molar-refractivity contribution in [1.29, 1.82) is 0 Å². The minimum absolute atomic E-state index is 0.117. The molecule has 0 spiro atoms. The molecule has 0 saturated heterocycles. The average molecular weight is 730 g/mol. The van der Waals surface area contributed by atoms with E-state index in [4.69, 9.17) is 14.2 Å². The van der Waals surface area contributed by atoms with Crippen LogP contribution in [0.2, 0.25) is 0 Å². The highest BCUT2D eigenvalue weighted by Gasteiger charge is 2.49. The number of ether oxygens (including phenoxy) is 3. The smallest absolute Gasteiger partial charge is 0.175 e. The highest BCUT2D eigenvalue weighted by molar-refractivity contribution is 9.10. The van der Waals surface area contributed by atoms with Gasteiger partial charge in [-0.3, -0.25) is 9.59 Å². The second kappa shape index (κ2) is 13.1. The molecule has 2 aliphatic carbocycles. The van der Waals surface area contributed by atoms with E-state index in [2.05, 4.69) is 64.5 Å². The zero-order valence-electron chi connectivity index (χ0n) is 26.6. The van der Waals surface area contributed by atoms with Gasteiger partial charge in [0.2, 0.25) is 0 Å². The third kappa shape index (κ3) is 6.87. The summed E-state index contributed by atoms with van der Waals surface area (Å²) in [6.45, 7) is 12.8. The van der Waals surface area contributed by atoms with Gasteiger partial charge in [0.05, 0.1) is 11.1 Å². The first kappa shape index (κ1) is 33.0. The van der Waals surface area contributed by atoms with E-state index < -0.39 is 5.92 Å². The average Bonchev–Trinajstić information content (AvgIpc) is 2.92. The molecule has 2 aromatic carbocycles. The molecule has 0 N–H and O–H groups in total. The number of nitrogens with zero attached hydrogens (tertiary/aromatic N) is 1. The fraction of sp³-hybridized carbons (Fsp3) is 0.500. The molecule has 0 saturated carbocycles. The van der Waals surface area contributed by atoms with Crippen LogP contribution in [0.4, 0.5) is 0 Å². The molecule has 1 heterocycles. The van der Waals surface area contributed by atoms with Gasteiger partial charge in [-0.05, 0) is 88.3 Å². The molecule has 0 fully saturated rings. The summed E-state index contributed by atoms with van der Waals surface area (Å²) < 4.78 is 19.6. The van der Waals surface area contributed by atoms with Gasteiger partial charge < -0.3 is 19.1 Å². The van der Waals surface area contributed by atoms with Crippen LogP contribution in [0.1, 0.15) is 83.8 Å². The summed E-state index contributed by atoms with van der Waals surface area (Å²) in [4.78, 5) is 30.6. The van der Waals surface area contributed by atoms with Crippen LogP contribution in [0, 0.1) is 10.8 Å². The molecule has 44 heavy (non-hydrogen) atoms. The number of methoxy groups -OCH3 is 1. The minimum Gasteiger partial charge on any atom is -0.490 e. The first-order valence-electron chi connectivity index (χ1n) is 15.5. The lowest BCUT2D eigenvalue weighted by Crippen LogP contribution is -2.44. The summed E-state index contributed by atoms with van der Waals surface area (Å²) in [5.74, 6) is 0.972. The molecular formula is C36H43Br2NO5. The largest absolute Gasteiger partial charge is 0.490 e. The van der Waals surface area contributed by atoms with E-state index in [1.54, 1.807) is 7.11 Å². The van der Waals surface area contributed by atoms with E-state index in [0.29, 0.717) is 50.7 Å². The monoisotopic (exact) mass is 727 g/mol. The van der Waals surface area contributed by atoms with E-state index in [1.807, 2.05) is 43.3 Å². The molecule has 5 rings (SSSR count). The topological polar surface area (TPSA) is 65.1 Å². The number of halogens is 2. The summed E-state index contributed by atoms with van der Waals surface area (Å²) in [7, 11) is 1.71. The highest BCUT2D eigenvalue weighted by Crippen LogP contribution is 2.55. The standard InChI is InChI=1S/C36H43Br2NO5/c1-7-43-30-16-23(15-25(38)34(30)44-21-22-9-11-24(37)12-10-22)31-32-26(17-35(2,3)19-28(32)40)39(13-8-14-42-6)27-18-36(4,5)20-29(41)33(27)31/h9-12,15-16,31H,7-8,13-14,17-21H2,1-6H3. The Morgan fingerprint density at radius 1 is 0.864 bits per heavy atom. The molecule has 6 nitrogen and oxygen atoms in total. The second-order valence-corrected chi connectivity index (χ2v) is 15.5. The molecule has 3 aliphatic rings. The third-order valence-corrected chi connectivity index (χ3v) is 9.83. The summed E-state index contributed by atoms with van der Waals surface area (Å²) in [5, 5.41) is 0. The molecule has 0 amide bonds. The van der Waals surface area contributed by atoms with Crippen molar-refractivity contribution >= 4 is 43.4 Å². The Balaban J connectivity index is 1.65. The predicted molar refractivity (Wildman–Crippen MR) is 180 cm³/mol. The highest BCUT2D eigenvalue weighted by atomic mass is 79.9. The van der Waals surface area contributed by atoms with Crippen molar-refractivity contribution in [1.82, 2.24) is 4.90 Å². The molecule has 0 atom stereocenters. The van der Waals surface area contributed by atoms with Gasteiger partial charge in [-0.2, -0.15) is 0 Å². The quantitative estimate of drug-likeness (QED) is 0.228. The maximum atomic E-state index is 14.1. The maximum Gasteiger partial charge on any atom is 0.175 e. The molecule has 236 valence electrons. The van der Waals surface area contributed by atoms with Crippen LogP contribution in [0.15, 0.2) is 67.9 Å². The molecule has 1 aliphatic heterocycles. The Morgan fingerprint density at radius 3 is 2.00 bits per heavy atom. The number of hydrogen-bond donors (Lipinski definition) is 0. The zero-order valence-corrected chi connectivity index (χ0v) is 29.8. The van der Waals surface area contributed by atoms with E-state index >= 15 is 0 Å². The SMILES string of the molecule is CCOc1cc(C2C3=C(CC(C)(C)CC3=O)N(CCCOC)C3=C2C(=O)CC(C)(C)C3)cc(Br)c1OCc1ccc(Br)cc1. The first-order chi connectivity index (χ1) is 20.8. The zero-order chi connectivity index (χ0) is 31.8. The van der Waals surface area contributed by atoms with E-state index in [9.17, 15) is 9.59 Å². The Bertz CT molecular complexity index is 1450.